The molecule has 0 aliphatic rings. The lowest BCUT2D eigenvalue weighted by atomic mass is 10.0. The molecule has 0 saturated carbocycles. The van der Waals surface area contributed by atoms with Crippen LogP contribution in [0.15, 0.2) is 48.5 Å². The molecule has 5 nitrogen and oxygen atoms in total. The van der Waals surface area contributed by atoms with E-state index in [1.165, 1.54) is 0 Å². The molecule has 6 heteroatoms. The summed E-state index contributed by atoms with van der Waals surface area (Å²) in [5, 5.41) is 9.90. The fourth-order valence-corrected chi connectivity index (χ4v) is 2.49. The highest BCUT2D eigenvalue weighted by Crippen LogP contribution is 2.23. The molecule has 0 heterocycles. The van der Waals surface area contributed by atoms with Crippen molar-refractivity contribution in [3.63, 3.8) is 0 Å². The smallest absolute Gasteiger partial charge is 0.333 e. The molecule has 0 spiro atoms. The van der Waals surface area contributed by atoms with Gasteiger partial charge in [-0.2, -0.15) is 0 Å². The van der Waals surface area contributed by atoms with E-state index in [4.69, 9.17) is 21.1 Å². The number of carboxylic acids is 1. The molecule has 2 rings (SSSR count). The van der Waals surface area contributed by atoms with Gasteiger partial charge in [-0.25, -0.2) is 9.59 Å². The molecule has 0 saturated heterocycles. The number of halogens is 1. The first-order valence-corrected chi connectivity index (χ1v) is 8.22. The molecule has 0 aliphatic carbocycles. The first-order chi connectivity index (χ1) is 12.0. The van der Waals surface area contributed by atoms with Crippen LogP contribution in [0.1, 0.15) is 12.5 Å². The molecule has 1 N–H and O–H groups in total. The summed E-state index contributed by atoms with van der Waals surface area (Å²) in [6.45, 7) is 1.52. The van der Waals surface area contributed by atoms with Gasteiger partial charge < -0.3 is 14.6 Å². The van der Waals surface area contributed by atoms with E-state index >= 15 is 0 Å². The van der Waals surface area contributed by atoms with Gasteiger partial charge in [0, 0.05) is 11.4 Å². The summed E-state index contributed by atoms with van der Waals surface area (Å²) in [6.07, 6.45) is -0.952. The normalized spacial score (nSPS) is 11.8. The Hall–Kier alpha value is -2.37. The third-order valence-corrected chi connectivity index (χ3v) is 3.75. The summed E-state index contributed by atoms with van der Waals surface area (Å²) >= 11 is 5.99. The van der Waals surface area contributed by atoms with Crippen molar-refractivity contribution >= 4 is 23.5 Å². The Morgan fingerprint density at radius 2 is 1.84 bits per heavy atom. The van der Waals surface area contributed by atoms with Gasteiger partial charge in [0.25, 0.3) is 0 Å². The van der Waals surface area contributed by atoms with Gasteiger partial charge in [0.1, 0.15) is 6.61 Å². The van der Waals surface area contributed by atoms with Crippen molar-refractivity contribution in [3.8, 4) is 11.1 Å². The van der Waals surface area contributed by atoms with Crippen molar-refractivity contribution in [2.24, 2.45) is 0 Å². The predicted molar refractivity (Wildman–Crippen MR) is 94.6 cm³/mol. The minimum atomic E-state index is -1.12. The largest absolute Gasteiger partial charge is 0.479 e. The molecular formula is C19H19ClO5. The Morgan fingerprint density at radius 1 is 1.12 bits per heavy atom. The Kier molecular flexibility index (Phi) is 6.98. The number of aliphatic carboxylic acids is 1. The summed E-state index contributed by atoms with van der Waals surface area (Å²) in [4.78, 5) is 22.6. The quantitative estimate of drug-likeness (QED) is 0.726. The average molecular weight is 363 g/mol. The summed E-state index contributed by atoms with van der Waals surface area (Å²) in [7, 11) is 0. The topological polar surface area (TPSA) is 72.8 Å². The zero-order valence-electron chi connectivity index (χ0n) is 13.8. The molecule has 0 fully saturated rings. The van der Waals surface area contributed by atoms with Crippen molar-refractivity contribution < 1.29 is 24.2 Å². The van der Waals surface area contributed by atoms with Crippen LogP contribution in [0.2, 0.25) is 5.02 Å². The van der Waals surface area contributed by atoms with Crippen LogP contribution in [0.4, 0.5) is 0 Å². The maximum absolute atomic E-state index is 11.3. The van der Waals surface area contributed by atoms with Gasteiger partial charge >= 0.3 is 11.9 Å². The highest BCUT2D eigenvalue weighted by molar-refractivity contribution is 6.30. The number of hydrogen-bond donors (Lipinski definition) is 1. The Bertz CT molecular complexity index is 727. The molecule has 0 aliphatic heterocycles. The standard InChI is InChI=1S/C19H19ClO5/c1-2-24-18(21)12-25-17(19(22)23)10-13-6-8-14(9-7-13)15-4-3-5-16(20)11-15/h3-9,11,17H,2,10,12H2,1H3,(H,22,23). The molecule has 1 atom stereocenters. The van der Waals surface area contributed by atoms with Gasteiger partial charge in [0.05, 0.1) is 6.61 Å². The van der Waals surface area contributed by atoms with Crippen LogP contribution in [0, 0.1) is 0 Å². The second kappa shape index (κ2) is 9.20. The fourth-order valence-electron chi connectivity index (χ4n) is 2.30. The maximum Gasteiger partial charge on any atom is 0.333 e. The monoisotopic (exact) mass is 362 g/mol. The van der Waals surface area contributed by atoms with Crippen molar-refractivity contribution in [2.45, 2.75) is 19.4 Å². The van der Waals surface area contributed by atoms with Gasteiger partial charge in [0.15, 0.2) is 6.10 Å². The molecule has 0 bridgehead atoms. The summed E-state index contributed by atoms with van der Waals surface area (Å²) in [5.41, 5.74) is 2.75. The van der Waals surface area contributed by atoms with E-state index in [9.17, 15) is 14.7 Å². The first kappa shape index (κ1) is 19.0. The number of carbonyl (C=O) groups is 2. The highest BCUT2D eigenvalue weighted by atomic mass is 35.5. The van der Waals surface area contributed by atoms with E-state index in [2.05, 4.69) is 0 Å². The third-order valence-electron chi connectivity index (χ3n) is 3.52. The van der Waals surface area contributed by atoms with Crippen molar-refractivity contribution in [1.29, 1.82) is 0 Å². The third kappa shape index (κ3) is 5.89. The van der Waals surface area contributed by atoms with Crippen molar-refractivity contribution in [3.05, 3.63) is 59.1 Å². The number of benzene rings is 2. The molecule has 1 unspecified atom stereocenters. The number of ether oxygens (including phenoxy) is 2. The Morgan fingerprint density at radius 3 is 2.44 bits per heavy atom. The van der Waals surface area contributed by atoms with Crippen LogP contribution in [-0.2, 0) is 25.5 Å². The molecule has 0 aromatic heterocycles. The highest BCUT2D eigenvalue weighted by Gasteiger charge is 2.20. The summed E-state index contributed by atoms with van der Waals surface area (Å²) < 4.78 is 9.89. The Labute approximate surface area is 151 Å². The molecule has 2 aromatic carbocycles. The molecular weight excluding hydrogens is 344 g/mol. The van der Waals surface area contributed by atoms with Crippen LogP contribution < -0.4 is 0 Å². The minimum absolute atomic E-state index is 0.157. The minimum Gasteiger partial charge on any atom is -0.479 e. The van der Waals surface area contributed by atoms with Crippen molar-refractivity contribution in [2.75, 3.05) is 13.2 Å². The van der Waals surface area contributed by atoms with Crippen LogP contribution in [-0.4, -0.2) is 36.4 Å². The first-order valence-electron chi connectivity index (χ1n) is 7.84. The number of rotatable bonds is 8. The molecule has 2 aromatic rings. The number of hydrogen-bond acceptors (Lipinski definition) is 4. The number of carbonyl (C=O) groups excluding carboxylic acids is 1. The zero-order chi connectivity index (χ0) is 18.2. The van der Waals surface area contributed by atoms with Crippen LogP contribution in [0.3, 0.4) is 0 Å². The van der Waals surface area contributed by atoms with E-state index in [0.29, 0.717) is 5.02 Å². The van der Waals surface area contributed by atoms with E-state index in [0.717, 1.165) is 16.7 Å². The van der Waals surface area contributed by atoms with Gasteiger partial charge in [-0.05, 0) is 35.7 Å². The molecule has 25 heavy (non-hydrogen) atoms. The predicted octanol–water partition coefficient (Wildman–Crippen LogP) is 3.58. The second-order valence-electron chi connectivity index (χ2n) is 5.35. The zero-order valence-corrected chi connectivity index (χ0v) is 14.5. The van der Waals surface area contributed by atoms with Crippen LogP contribution in [0.25, 0.3) is 11.1 Å². The van der Waals surface area contributed by atoms with Gasteiger partial charge in [-0.15, -0.1) is 0 Å². The summed E-state index contributed by atoms with van der Waals surface area (Å²) in [5.74, 6) is -1.70. The van der Waals surface area contributed by atoms with E-state index in [1.807, 2.05) is 42.5 Å². The Balaban J connectivity index is 2.02. The van der Waals surface area contributed by atoms with Gasteiger partial charge in [-0.1, -0.05) is 48.0 Å². The molecule has 0 amide bonds. The SMILES string of the molecule is CCOC(=O)COC(Cc1ccc(-c2cccc(Cl)c2)cc1)C(=O)O. The lowest BCUT2D eigenvalue weighted by Crippen LogP contribution is -2.29. The molecule has 0 radical (unpaired) electrons. The van der Waals surface area contributed by atoms with Crippen molar-refractivity contribution in [1.82, 2.24) is 0 Å². The van der Waals surface area contributed by atoms with E-state index in [-0.39, 0.29) is 19.6 Å². The van der Waals surface area contributed by atoms with Gasteiger partial charge in [0.2, 0.25) is 0 Å². The van der Waals surface area contributed by atoms with Crippen LogP contribution in [0.5, 0.6) is 0 Å². The average Bonchev–Trinajstić information content (AvgIpc) is 2.59. The molecule has 132 valence electrons. The van der Waals surface area contributed by atoms with E-state index < -0.39 is 18.0 Å². The second-order valence-corrected chi connectivity index (χ2v) is 5.79. The van der Waals surface area contributed by atoms with E-state index in [1.54, 1.807) is 13.0 Å². The number of esters is 1. The lowest BCUT2D eigenvalue weighted by Gasteiger charge is -2.13. The maximum atomic E-state index is 11.3. The van der Waals surface area contributed by atoms with Gasteiger partial charge in [-0.3, -0.25) is 0 Å². The number of carboxylic acid groups (broad SMARTS) is 1. The lowest BCUT2D eigenvalue weighted by molar-refractivity contribution is -0.158. The summed E-state index contributed by atoms with van der Waals surface area (Å²) in [6, 6.07) is 14.9. The fraction of sp³-hybridized carbons (Fsp3) is 0.263. The van der Waals surface area contributed by atoms with Crippen LogP contribution >= 0.6 is 11.6 Å².